The van der Waals surface area contributed by atoms with Gasteiger partial charge in [0.2, 0.25) is 0 Å². The maximum Gasteiger partial charge on any atom is -0.00913 e. The second-order valence-electron chi connectivity index (χ2n) is 0.295. The fourth-order valence-corrected chi connectivity index (χ4v) is 0. The van der Waals surface area contributed by atoms with Crippen LogP contribution in [0.3, 0.4) is 0 Å². The minimum Gasteiger partial charge on any atom is -0.171 e. The molecule has 0 saturated heterocycles. The van der Waals surface area contributed by atoms with Crippen LogP contribution >= 0.6 is 32.3 Å². The van der Waals surface area contributed by atoms with Gasteiger partial charge in [0.15, 0.2) is 0 Å². The summed E-state index contributed by atoms with van der Waals surface area (Å²) in [7, 11) is 2.50. The molecule has 0 amide bonds. The summed E-state index contributed by atoms with van der Waals surface area (Å²) in [5, 5.41) is 0. The highest BCUT2D eigenvalue weighted by atomic mass is 33.5. The zero-order chi connectivity index (χ0) is 3.41. The van der Waals surface area contributed by atoms with Gasteiger partial charge in [0, 0.05) is 0 Å². The van der Waals surface area contributed by atoms with E-state index in [0.717, 1.165) is 9.83 Å². The lowest BCUT2D eigenvalue weighted by molar-refractivity contribution is 2.55. The molecule has 0 atom stereocenters. The molecule has 0 rings (SSSR count). The van der Waals surface area contributed by atoms with Gasteiger partial charge in [-0.15, -0.1) is 22.5 Å². The van der Waals surface area contributed by atoms with Crippen molar-refractivity contribution in [3.8, 4) is 0 Å². The Kier molecular flexibility index (Phi) is 5.11. The summed E-state index contributed by atoms with van der Waals surface area (Å²) in [6, 6.07) is 0. The molecule has 0 spiro atoms. The van der Waals surface area contributed by atoms with Gasteiger partial charge in [-0.2, -0.15) is 9.83 Å². The van der Waals surface area contributed by atoms with E-state index in [-0.39, 0.29) is 0 Å². The summed E-state index contributed by atoms with van der Waals surface area (Å²) < 4.78 is 0. The number of hydrogen-bond donors (Lipinski definition) is 1. The third-order valence-electron chi connectivity index (χ3n) is 0.0913. The largest absolute Gasteiger partial charge is 0.171 e. The molecule has 28 valence electrons. The van der Waals surface area contributed by atoms with Gasteiger partial charge in [0.05, 0.1) is 0 Å². The average molecular weight is 114 g/mol. The Morgan fingerprint density at radius 1 is 2.00 bits per heavy atom. The summed E-state index contributed by atoms with van der Waals surface area (Å²) in [5.74, 6) is 0. The van der Waals surface area contributed by atoms with Crippen molar-refractivity contribution in [2.75, 3.05) is 6.26 Å². The fourth-order valence-electron chi connectivity index (χ4n) is 0. The summed E-state index contributed by atoms with van der Waals surface area (Å²) in [5.41, 5.74) is 0. The second-order valence-corrected chi connectivity index (χ2v) is 4.30. The maximum absolute atomic E-state index is 3.91. The van der Waals surface area contributed by atoms with Crippen molar-refractivity contribution < 1.29 is 0 Å². The standard InChI is InChI=1S/CH6S3/c1-3-4-2/h2H,4H2,1H3. The Labute approximate surface area is 38.9 Å². The van der Waals surface area contributed by atoms with E-state index in [0.29, 0.717) is 0 Å². The third kappa shape index (κ3) is 3.05. The Hall–Kier alpha value is 1.05. The second kappa shape index (κ2) is 4.05. The summed E-state index contributed by atoms with van der Waals surface area (Å²) in [6.07, 6.45) is 2.03. The van der Waals surface area contributed by atoms with Crippen LogP contribution in [-0.4, -0.2) is 6.26 Å². The normalized spacial score (nSPS) is 12.5. The van der Waals surface area contributed by atoms with Gasteiger partial charge in [-0.25, -0.2) is 0 Å². The van der Waals surface area contributed by atoms with E-state index in [2.05, 4.69) is 11.7 Å². The van der Waals surface area contributed by atoms with Crippen LogP contribution < -0.4 is 0 Å². The van der Waals surface area contributed by atoms with E-state index < -0.39 is 0 Å². The molecule has 0 fully saturated rings. The minimum absolute atomic E-state index is 0.752. The van der Waals surface area contributed by atoms with Crippen molar-refractivity contribution in [3.63, 3.8) is 0 Å². The van der Waals surface area contributed by atoms with Crippen LogP contribution in [0.2, 0.25) is 0 Å². The van der Waals surface area contributed by atoms with Crippen molar-refractivity contribution >= 4 is 32.3 Å². The van der Waals surface area contributed by atoms with Gasteiger partial charge in [0.25, 0.3) is 0 Å². The van der Waals surface area contributed by atoms with Crippen LogP contribution in [0.25, 0.3) is 0 Å². The van der Waals surface area contributed by atoms with Crippen molar-refractivity contribution in [2.24, 2.45) is 0 Å². The van der Waals surface area contributed by atoms with E-state index in [1.807, 2.05) is 6.26 Å². The SMILES string of the molecule is CS[SH2]S. The van der Waals surface area contributed by atoms with Gasteiger partial charge in [0.1, 0.15) is 0 Å². The molecule has 0 saturated carbocycles. The molecule has 0 unspecified atom stereocenters. The van der Waals surface area contributed by atoms with Gasteiger partial charge in [-0.3, -0.25) is 0 Å². The third-order valence-corrected chi connectivity index (χ3v) is 2.46. The van der Waals surface area contributed by atoms with E-state index in [9.17, 15) is 0 Å². The first-order chi connectivity index (χ1) is 1.91. The van der Waals surface area contributed by atoms with Crippen molar-refractivity contribution in [2.45, 2.75) is 0 Å². The lowest BCUT2D eigenvalue weighted by atomic mass is 12.0. The fraction of sp³-hybridized carbons (Fsp3) is 1.00. The highest BCUT2D eigenvalue weighted by Gasteiger charge is 1.50. The molecule has 0 aromatic heterocycles. The van der Waals surface area contributed by atoms with E-state index >= 15 is 0 Å². The average Bonchev–Trinajstić information content (AvgIpc) is 1.37. The molecule has 0 aromatic carbocycles. The number of thiol groups is 1. The van der Waals surface area contributed by atoms with Crippen LogP contribution in [-0.2, 0) is 0 Å². The first-order valence-corrected chi connectivity index (χ1v) is 5.07. The molecule has 0 aliphatic heterocycles. The Morgan fingerprint density at radius 3 is 2.25 bits per heavy atom. The molecule has 0 heterocycles. The van der Waals surface area contributed by atoms with Crippen LogP contribution in [0.15, 0.2) is 0 Å². The van der Waals surface area contributed by atoms with Gasteiger partial charge >= 0.3 is 0 Å². The Balaban J connectivity index is 1.97. The lowest BCUT2D eigenvalue weighted by Crippen LogP contribution is -1.17. The molecule has 0 N–H and O–H groups in total. The van der Waals surface area contributed by atoms with E-state index in [1.165, 1.54) is 0 Å². The summed E-state index contributed by atoms with van der Waals surface area (Å²) >= 11 is 3.91. The molecular formula is CH6S3. The predicted octanol–water partition coefficient (Wildman–Crippen LogP) is 1.31. The molecule has 0 radical (unpaired) electrons. The Bertz CT molecular complexity index is 5.25. The Morgan fingerprint density at radius 2 is 2.25 bits per heavy atom. The molecule has 3 heteroatoms. The molecule has 4 heavy (non-hydrogen) atoms. The molecular weight excluding hydrogens is 108 g/mol. The molecule has 0 bridgehead atoms. The zero-order valence-corrected chi connectivity index (χ0v) is 5.07. The molecule has 0 aromatic rings. The quantitative estimate of drug-likeness (QED) is 0.396. The predicted molar refractivity (Wildman–Crippen MR) is 32.9 cm³/mol. The highest BCUT2D eigenvalue weighted by molar-refractivity contribution is 9.05. The first-order valence-electron chi connectivity index (χ1n) is 0.836. The molecule has 0 nitrogen and oxygen atoms in total. The monoisotopic (exact) mass is 114 g/mol. The number of rotatable bonds is 1. The van der Waals surface area contributed by atoms with E-state index in [1.54, 1.807) is 10.8 Å². The van der Waals surface area contributed by atoms with Crippen molar-refractivity contribution in [3.05, 3.63) is 0 Å². The van der Waals surface area contributed by atoms with Crippen LogP contribution in [0.4, 0.5) is 0 Å². The zero-order valence-electron chi connectivity index (χ0n) is 2.36. The van der Waals surface area contributed by atoms with Crippen LogP contribution in [0.1, 0.15) is 0 Å². The summed E-state index contributed by atoms with van der Waals surface area (Å²) in [4.78, 5) is 0. The minimum atomic E-state index is 0.752. The van der Waals surface area contributed by atoms with E-state index in [4.69, 9.17) is 0 Å². The van der Waals surface area contributed by atoms with Crippen LogP contribution in [0, 0.1) is 0 Å². The van der Waals surface area contributed by atoms with Gasteiger partial charge < -0.3 is 0 Å². The summed E-state index contributed by atoms with van der Waals surface area (Å²) in [6.45, 7) is 0. The lowest BCUT2D eigenvalue weighted by Gasteiger charge is -1.74. The molecule has 0 aliphatic rings. The van der Waals surface area contributed by atoms with Gasteiger partial charge in [-0.05, 0) is 6.26 Å². The van der Waals surface area contributed by atoms with Crippen molar-refractivity contribution in [1.29, 1.82) is 0 Å². The molecule has 0 aliphatic carbocycles. The van der Waals surface area contributed by atoms with Gasteiger partial charge in [-0.1, -0.05) is 0 Å². The topological polar surface area (TPSA) is 0 Å². The smallest absolute Gasteiger partial charge is 0.00913 e. The maximum atomic E-state index is 3.91. The highest BCUT2D eigenvalue weighted by Crippen LogP contribution is 2.19. The van der Waals surface area contributed by atoms with Crippen LogP contribution in [0.5, 0.6) is 0 Å². The first kappa shape index (κ1) is 5.05. The number of hydrogen-bond acceptors (Lipinski definition) is 2. The van der Waals surface area contributed by atoms with Crippen molar-refractivity contribution in [1.82, 2.24) is 0 Å².